The maximum absolute atomic E-state index is 12.3. The Balaban J connectivity index is 1.92. The minimum Gasteiger partial charge on any atom is -0.365 e. The van der Waals surface area contributed by atoms with Crippen LogP contribution < -0.4 is 5.73 Å². The summed E-state index contributed by atoms with van der Waals surface area (Å²) in [5.41, 5.74) is 5.69. The normalized spacial score (nSPS) is 37.7. The summed E-state index contributed by atoms with van der Waals surface area (Å²) in [7, 11) is 0. The van der Waals surface area contributed by atoms with Crippen LogP contribution in [0.25, 0.3) is 0 Å². The van der Waals surface area contributed by atoms with Gasteiger partial charge in [0.1, 0.15) is 6.10 Å². The van der Waals surface area contributed by atoms with Crippen LogP contribution in [0.1, 0.15) is 39.5 Å². The van der Waals surface area contributed by atoms with Crippen molar-refractivity contribution in [3.05, 3.63) is 0 Å². The third-order valence-corrected chi connectivity index (χ3v) is 4.12. The van der Waals surface area contributed by atoms with Crippen LogP contribution in [-0.4, -0.2) is 42.1 Å². The van der Waals surface area contributed by atoms with E-state index in [2.05, 4.69) is 13.8 Å². The molecule has 0 radical (unpaired) electrons. The van der Waals surface area contributed by atoms with E-state index in [0.717, 1.165) is 32.2 Å². The van der Waals surface area contributed by atoms with Gasteiger partial charge in [0.25, 0.3) is 5.91 Å². The van der Waals surface area contributed by atoms with E-state index in [4.69, 9.17) is 10.5 Å². The molecule has 98 valence electrons. The highest BCUT2D eigenvalue weighted by molar-refractivity contribution is 5.81. The topological polar surface area (TPSA) is 55.6 Å². The Bertz CT molecular complexity index is 283. The molecule has 1 amide bonds. The lowest BCUT2D eigenvalue weighted by Gasteiger charge is -2.25. The van der Waals surface area contributed by atoms with E-state index in [1.54, 1.807) is 0 Å². The molecule has 4 nitrogen and oxygen atoms in total. The molecule has 2 fully saturated rings. The predicted octanol–water partition coefficient (Wildman–Crippen LogP) is 1.14. The predicted molar refractivity (Wildman–Crippen MR) is 66.5 cm³/mol. The highest BCUT2D eigenvalue weighted by Gasteiger charge is 2.38. The monoisotopic (exact) mass is 240 g/mol. The van der Waals surface area contributed by atoms with E-state index in [9.17, 15) is 4.79 Å². The Labute approximate surface area is 103 Å². The molecule has 2 aliphatic heterocycles. The van der Waals surface area contributed by atoms with Gasteiger partial charge >= 0.3 is 0 Å². The molecular formula is C13H24N2O2. The van der Waals surface area contributed by atoms with Gasteiger partial charge in [-0.05, 0) is 45.1 Å². The van der Waals surface area contributed by atoms with Crippen LogP contribution in [-0.2, 0) is 9.53 Å². The molecule has 4 heteroatoms. The molecule has 0 spiro atoms. The minimum absolute atomic E-state index is 0.185. The van der Waals surface area contributed by atoms with Gasteiger partial charge in [-0.15, -0.1) is 0 Å². The highest BCUT2D eigenvalue weighted by Crippen LogP contribution is 2.28. The summed E-state index contributed by atoms with van der Waals surface area (Å²) in [6, 6.07) is 0.320. The Morgan fingerprint density at radius 2 is 2.24 bits per heavy atom. The van der Waals surface area contributed by atoms with Crippen molar-refractivity contribution < 1.29 is 9.53 Å². The number of nitrogens with two attached hydrogens (primary N) is 1. The van der Waals surface area contributed by atoms with Gasteiger partial charge in [-0.1, -0.05) is 6.92 Å². The average molecular weight is 240 g/mol. The van der Waals surface area contributed by atoms with Crippen LogP contribution in [0, 0.1) is 5.92 Å². The number of likely N-dealkylation sites (tertiary alicyclic amines) is 1. The molecule has 2 N–H and O–H groups in total. The Morgan fingerprint density at radius 3 is 2.76 bits per heavy atom. The van der Waals surface area contributed by atoms with E-state index in [-0.39, 0.29) is 18.1 Å². The average Bonchev–Trinajstić information content (AvgIpc) is 2.94. The van der Waals surface area contributed by atoms with Gasteiger partial charge in [0.05, 0.1) is 6.10 Å². The van der Waals surface area contributed by atoms with Gasteiger partial charge < -0.3 is 15.4 Å². The van der Waals surface area contributed by atoms with Crippen LogP contribution in [0.15, 0.2) is 0 Å². The zero-order valence-electron chi connectivity index (χ0n) is 10.9. The van der Waals surface area contributed by atoms with Crippen molar-refractivity contribution in [2.45, 2.75) is 57.8 Å². The fourth-order valence-corrected chi connectivity index (χ4v) is 2.99. The van der Waals surface area contributed by atoms with Gasteiger partial charge in [0.15, 0.2) is 0 Å². The number of rotatable bonds is 3. The lowest BCUT2D eigenvalue weighted by molar-refractivity contribution is -0.143. The van der Waals surface area contributed by atoms with Gasteiger partial charge in [-0.25, -0.2) is 0 Å². The van der Waals surface area contributed by atoms with E-state index in [0.29, 0.717) is 18.5 Å². The van der Waals surface area contributed by atoms with Crippen LogP contribution >= 0.6 is 0 Å². The number of ether oxygens (including phenoxy) is 1. The smallest absolute Gasteiger partial charge is 0.251 e. The first-order valence-corrected chi connectivity index (χ1v) is 6.81. The van der Waals surface area contributed by atoms with Crippen LogP contribution in [0.2, 0.25) is 0 Å². The molecule has 0 aromatic heterocycles. The standard InChI is InChI=1S/C13H24N2O2/c1-3-11-4-5-12(17-11)13(16)15-8-10(7-14)6-9(15)2/h9-12H,3-8,14H2,1-2H3. The van der Waals surface area contributed by atoms with E-state index in [1.807, 2.05) is 4.90 Å². The second-order valence-electron chi connectivity index (χ2n) is 5.41. The maximum Gasteiger partial charge on any atom is 0.251 e. The Morgan fingerprint density at radius 1 is 1.47 bits per heavy atom. The molecule has 0 aromatic rings. The summed E-state index contributed by atoms with van der Waals surface area (Å²) in [6.45, 7) is 5.71. The van der Waals surface area contributed by atoms with Gasteiger partial charge in [0.2, 0.25) is 0 Å². The summed E-state index contributed by atoms with van der Waals surface area (Å²) in [6.07, 6.45) is 4.03. The summed E-state index contributed by atoms with van der Waals surface area (Å²) in [5.74, 6) is 0.654. The molecule has 17 heavy (non-hydrogen) atoms. The third-order valence-electron chi connectivity index (χ3n) is 4.12. The maximum atomic E-state index is 12.3. The summed E-state index contributed by atoms with van der Waals surface area (Å²) in [4.78, 5) is 14.3. The SMILES string of the molecule is CCC1CCC(C(=O)N2CC(CN)CC2C)O1. The van der Waals surface area contributed by atoms with Crippen LogP contribution in [0.5, 0.6) is 0 Å². The second kappa shape index (κ2) is 5.36. The first kappa shape index (κ1) is 12.8. The fourth-order valence-electron chi connectivity index (χ4n) is 2.99. The van der Waals surface area contributed by atoms with Crippen molar-refractivity contribution in [3.63, 3.8) is 0 Å². The molecular weight excluding hydrogens is 216 g/mol. The van der Waals surface area contributed by atoms with Crippen molar-refractivity contribution in [2.24, 2.45) is 11.7 Å². The molecule has 2 rings (SSSR count). The number of carbonyl (C=O) groups excluding carboxylic acids is 1. The molecule has 4 unspecified atom stereocenters. The largest absolute Gasteiger partial charge is 0.365 e. The first-order valence-electron chi connectivity index (χ1n) is 6.81. The molecule has 0 saturated carbocycles. The number of hydrogen-bond donors (Lipinski definition) is 1. The van der Waals surface area contributed by atoms with Crippen molar-refractivity contribution in [1.82, 2.24) is 4.90 Å². The molecule has 0 bridgehead atoms. The van der Waals surface area contributed by atoms with Gasteiger partial charge in [0, 0.05) is 12.6 Å². The number of carbonyl (C=O) groups is 1. The summed E-state index contributed by atoms with van der Waals surface area (Å²) < 4.78 is 5.78. The number of amides is 1. The van der Waals surface area contributed by atoms with E-state index in [1.165, 1.54) is 0 Å². The van der Waals surface area contributed by atoms with Gasteiger partial charge in [-0.2, -0.15) is 0 Å². The van der Waals surface area contributed by atoms with Crippen molar-refractivity contribution in [3.8, 4) is 0 Å². The minimum atomic E-state index is -0.195. The summed E-state index contributed by atoms with van der Waals surface area (Å²) >= 11 is 0. The van der Waals surface area contributed by atoms with Crippen LogP contribution in [0.3, 0.4) is 0 Å². The number of hydrogen-bond acceptors (Lipinski definition) is 3. The fraction of sp³-hybridized carbons (Fsp3) is 0.923. The Hall–Kier alpha value is -0.610. The molecule has 4 atom stereocenters. The highest BCUT2D eigenvalue weighted by atomic mass is 16.5. The Kier molecular flexibility index (Phi) is 4.05. The quantitative estimate of drug-likeness (QED) is 0.805. The van der Waals surface area contributed by atoms with Crippen molar-refractivity contribution in [2.75, 3.05) is 13.1 Å². The van der Waals surface area contributed by atoms with E-state index >= 15 is 0 Å². The van der Waals surface area contributed by atoms with Crippen LogP contribution in [0.4, 0.5) is 0 Å². The van der Waals surface area contributed by atoms with Crippen molar-refractivity contribution in [1.29, 1.82) is 0 Å². The summed E-state index contributed by atoms with van der Waals surface area (Å²) in [5, 5.41) is 0. The lowest BCUT2D eigenvalue weighted by atomic mass is 10.1. The van der Waals surface area contributed by atoms with Gasteiger partial charge in [-0.3, -0.25) is 4.79 Å². The molecule has 0 aliphatic carbocycles. The molecule has 2 aliphatic rings. The zero-order valence-corrected chi connectivity index (χ0v) is 10.9. The second-order valence-corrected chi connectivity index (χ2v) is 5.41. The number of nitrogens with zero attached hydrogens (tertiary/aromatic N) is 1. The van der Waals surface area contributed by atoms with Crippen molar-refractivity contribution >= 4 is 5.91 Å². The molecule has 2 saturated heterocycles. The van der Waals surface area contributed by atoms with E-state index < -0.39 is 0 Å². The zero-order chi connectivity index (χ0) is 12.4. The lowest BCUT2D eigenvalue weighted by Crippen LogP contribution is -2.41. The third kappa shape index (κ3) is 2.63. The molecule has 2 heterocycles. The first-order chi connectivity index (χ1) is 8.15. The molecule has 0 aromatic carbocycles.